The molecule has 26 heavy (non-hydrogen) atoms. The van der Waals surface area contributed by atoms with Gasteiger partial charge in [0.1, 0.15) is 30.1 Å². The Balaban J connectivity index is 1.64. The molecule has 2 aromatic rings. The van der Waals surface area contributed by atoms with Crippen molar-refractivity contribution < 1.29 is 24.9 Å². The molecule has 1 saturated heterocycles. The Bertz CT molecular complexity index is 788. The minimum absolute atomic E-state index is 0.212. The van der Waals surface area contributed by atoms with E-state index in [1.807, 2.05) is 0 Å². The van der Waals surface area contributed by atoms with Crippen molar-refractivity contribution >= 4 is 34.7 Å². The van der Waals surface area contributed by atoms with Gasteiger partial charge in [0.15, 0.2) is 17.7 Å². The van der Waals surface area contributed by atoms with Crippen molar-refractivity contribution in [1.29, 1.82) is 0 Å². The van der Waals surface area contributed by atoms with Gasteiger partial charge in [0.05, 0.1) is 12.4 Å². The molecule has 7 N–H and O–H groups in total. The number of nitrogens with two attached hydrogens (primary N) is 2. The first-order valence-electron chi connectivity index (χ1n) is 7.91. The van der Waals surface area contributed by atoms with E-state index in [0.29, 0.717) is 29.1 Å². The SMILES string of the molecule is Nc1ncnc2c1ncn2[13CH]1O[13CH]([13CH2]SCC[C@@H](N)C(=O)O)[13CH](O)[13CH]1O. The van der Waals surface area contributed by atoms with Crippen molar-refractivity contribution in [1.82, 2.24) is 19.5 Å². The fourth-order valence-electron chi connectivity index (χ4n) is 2.69. The predicted molar refractivity (Wildman–Crippen MR) is 93.2 cm³/mol. The largest absolute Gasteiger partial charge is 0.480 e. The van der Waals surface area contributed by atoms with Gasteiger partial charge in [0.2, 0.25) is 0 Å². The molecule has 4 unspecified atom stereocenters. The van der Waals surface area contributed by atoms with E-state index in [-0.39, 0.29) is 5.82 Å². The van der Waals surface area contributed by atoms with Crippen LogP contribution in [-0.2, 0) is 9.53 Å². The Morgan fingerprint density at radius 1 is 1.35 bits per heavy atom. The quantitative estimate of drug-likeness (QED) is 0.276. The predicted octanol–water partition coefficient (Wildman–Crippen LogP) is -1.44. The summed E-state index contributed by atoms with van der Waals surface area (Å²) in [5.41, 5.74) is 12.0. The molecule has 0 amide bonds. The van der Waals surface area contributed by atoms with E-state index < -0.39 is 36.6 Å². The average molecular weight is 389 g/mol. The number of carbonyl (C=O) groups is 1. The van der Waals surface area contributed by atoms with Gasteiger partial charge >= 0.3 is 5.97 Å². The summed E-state index contributed by atoms with van der Waals surface area (Å²) in [6.45, 7) is 0. The summed E-state index contributed by atoms with van der Waals surface area (Å²) in [4.78, 5) is 22.8. The van der Waals surface area contributed by atoms with Gasteiger partial charge in [0, 0.05) is 5.75 Å². The molecule has 1 aliphatic rings. The molecular formula is C14H20N6O5S. The first-order chi connectivity index (χ1) is 12.4. The maximum atomic E-state index is 10.7. The van der Waals surface area contributed by atoms with Crippen LogP contribution in [0.25, 0.3) is 11.2 Å². The van der Waals surface area contributed by atoms with Crippen LogP contribution >= 0.6 is 11.8 Å². The number of hydrogen-bond acceptors (Lipinski definition) is 10. The lowest BCUT2D eigenvalue weighted by Gasteiger charge is -2.16. The molecule has 1 aliphatic heterocycles. The maximum absolute atomic E-state index is 10.7. The van der Waals surface area contributed by atoms with Crippen LogP contribution in [0.4, 0.5) is 5.82 Å². The Labute approximate surface area is 152 Å². The van der Waals surface area contributed by atoms with Gasteiger partial charge < -0.3 is 31.5 Å². The average Bonchev–Trinajstić information content (AvgIpc) is 3.15. The summed E-state index contributed by atoms with van der Waals surface area (Å²) in [5.74, 6) is 0.0405. The normalized spacial score (nSPS) is 27.0. The second-order valence-corrected chi connectivity index (χ2v) is 7.09. The molecule has 3 rings (SSSR count). The number of hydrogen-bond donors (Lipinski definition) is 5. The molecule has 0 aromatic carbocycles. The third kappa shape index (κ3) is 3.59. The molecule has 0 radical (unpaired) electrons. The molecule has 0 saturated carbocycles. The molecule has 5 atom stereocenters. The lowest BCUT2D eigenvalue weighted by Crippen LogP contribution is -2.33. The minimum atomic E-state index is -1.17. The summed E-state index contributed by atoms with van der Waals surface area (Å²) in [6.07, 6.45) is -0.747. The number of anilines is 1. The molecule has 0 bridgehead atoms. The number of aliphatic hydroxyl groups is 2. The standard InChI is InChI=1S/C14H20N6O5S/c15-6(14(23)24)1-2-26-3-7-9(21)10(22)13(25-7)20-5-19-8-11(16)17-4-18-12(8)20/h4-7,9-10,13,21-22H,1-3,15H2,(H,23,24)(H2,16,17,18)/t6-,7?,9?,10?,13?/m1/s1/i3+1,7+1,9+1,10+1,13+1. The number of aromatic nitrogens is 4. The van der Waals surface area contributed by atoms with Crippen LogP contribution in [0.3, 0.4) is 0 Å². The number of aliphatic carboxylic acids is 1. The number of imidazole rings is 1. The smallest absolute Gasteiger partial charge is 0.320 e. The van der Waals surface area contributed by atoms with Gasteiger partial charge in [0.25, 0.3) is 0 Å². The summed E-state index contributed by atoms with van der Waals surface area (Å²) in [6, 6.07) is -0.919. The van der Waals surface area contributed by atoms with Gasteiger partial charge in [-0.25, -0.2) is 15.0 Å². The summed E-state index contributed by atoms with van der Waals surface area (Å²) in [7, 11) is 0. The molecule has 3 heterocycles. The topological polar surface area (TPSA) is 183 Å². The second-order valence-electron chi connectivity index (χ2n) is 5.94. The highest BCUT2D eigenvalue weighted by atomic mass is 32.2. The number of fused-ring (bicyclic) bond motifs is 1. The maximum Gasteiger partial charge on any atom is 0.320 e. The number of rotatable bonds is 7. The van der Waals surface area contributed by atoms with Gasteiger partial charge in [-0.2, -0.15) is 11.8 Å². The molecule has 11 nitrogen and oxygen atoms in total. The van der Waals surface area contributed by atoms with Crippen LogP contribution in [-0.4, -0.2) is 76.7 Å². The van der Waals surface area contributed by atoms with Gasteiger partial charge in [-0.3, -0.25) is 9.36 Å². The highest BCUT2D eigenvalue weighted by molar-refractivity contribution is 7.99. The van der Waals surface area contributed by atoms with Crippen molar-refractivity contribution in [3.8, 4) is 0 Å². The van der Waals surface area contributed by atoms with E-state index >= 15 is 0 Å². The third-order valence-electron chi connectivity index (χ3n) is 4.17. The van der Waals surface area contributed by atoms with Crippen LogP contribution < -0.4 is 11.5 Å². The Kier molecular flexibility index (Phi) is 5.58. The number of aliphatic hydroxyl groups excluding tert-OH is 2. The highest BCUT2D eigenvalue weighted by Gasteiger charge is 2.44. The number of ether oxygens (including phenoxy) is 1. The Morgan fingerprint density at radius 2 is 2.12 bits per heavy atom. The van der Waals surface area contributed by atoms with Gasteiger partial charge in [-0.1, -0.05) is 0 Å². The zero-order chi connectivity index (χ0) is 18.8. The van der Waals surface area contributed by atoms with E-state index in [0.717, 1.165) is 0 Å². The number of nitrogens with zero attached hydrogens (tertiary/aromatic N) is 4. The second kappa shape index (κ2) is 7.72. The van der Waals surface area contributed by atoms with E-state index in [1.54, 1.807) is 0 Å². The Morgan fingerprint density at radius 3 is 2.85 bits per heavy atom. The summed E-state index contributed by atoms with van der Waals surface area (Å²) in [5, 5.41) is 29.3. The van der Waals surface area contributed by atoms with E-state index in [2.05, 4.69) is 15.0 Å². The lowest BCUT2D eigenvalue weighted by molar-refractivity contribution is -0.138. The van der Waals surface area contributed by atoms with Crippen LogP contribution in [0.1, 0.15) is 12.6 Å². The zero-order valence-corrected chi connectivity index (χ0v) is 14.5. The van der Waals surface area contributed by atoms with E-state index in [9.17, 15) is 15.0 Å². The minimum Gasteiger partial charge on any atom is -0.480 e. The fraction of sp³-hybridized carbons (Fsp3) is 0.571. The fourth-order valence-corrected chi connectivity index (χ4v) is 3.78. The number of nitrogen functional groups attached to an aromatic ring is 1. The number of carboxylic acid groups (broad SMARTS) is 1. The van der Waals surface area contributed by atoms with E-state index in [1.165, 1.54) is 29.0 Å². The molecule has 12 heteroatoms. The first-order valence-corrected chi connectivity index (χ1v) is 9.06. The van der Waals surface area contributed by atoms with E-state index in [4.69, 9.17) is 21.3 Å². The van der Waals surface area contributed by atoms with Crippen molar-refractivity contribution in [2.75, 3.05) is 17.2 Å². The monoisotopic (exact) mass is 389 g/mol. The third-order valence-corrected chi connectivity index (χ3v) is 5.26. The molecule has 2 aromatic heterocycles. The lowest BCUT2D eigenvalue weighted by atomic mass is 10.2. The molecule has 0 spiro atoms. The first kappa shape index (κ1) is 18.8. The van der Waals surface area contributed by atoms with Crippen LogP contribution in [0.15, 0.2) is 12.7 Å². The number of thioether (sulfide) groups is 1. The Hall–Kier alpha value is -1.99. The van der Waals surface area contributed by atoms with Crippen LogP contribution in [0, 0.1) is 0 Å². The molecule has 1 fully saturated rings. The van der Waals surface area contributed by atoms with Crippen molar-refractivity contribution in [3.63, 3.8) is 0 Å². The van der Waals surface area contributed by atoms with Gasteiger partial charge in [-0.15, -0.1) is 0 Å². The van der Waals surface area contributed by atoms with Crippen LogP contribution in [0.5, 0.6) is 0 Å². The number of carboxylic acids is 1. The highest BCUT2D eigenvalue weighted by Crippen LogP contribution is 2.33. The zero-order valence-electron chi connectivity index (χ0n) is 13.7. The van der Waals surface area contributed by atoms with Crippen molar-refractivity contribution in [2.45, 2.75) is 37.0 Å². The molecular weight excluding hydrogens is 369 g/mol. The molecule has 0 aliphatic carbocycles. The van der Waals surface area contributed by atoms with Crippen LogP contribution in [0.2, 0.25) is 0 Å². The van der Waals surface area contributed by atoms with Gasteiger partial charge in [-0.05, 0) is 12.2 Å². The summed E-state index contributed by atoms with van der Waals surface area (Å²) < 4.78 is 7.29. The summed E-state index contributed by atoms with van der Waals surface area (Å²) >= 11 is 1.40. The molecule has 142 valence electrons. The van der Waals surface area contributed by atoms with Crippen molar-refractivity contribution in [2.24, 2.45) is 5.73 Å². The van der Waals surface area contributed by atoms with Crippen molar-refractivity contribution in [3.05, 3.63) is 12.7 Å².